The second-order valence-corrected chi connectivity index (χ2v) is 6.57. The van der Waals surface area contributed by atoms with Crippen molar-refractivity contribution < 1.29 is 0 Å². The van der Waals surface area contributed by atoms with Crippen LogP contribution in [0, 0.1) is 0 Å². The van der Waals surface area contributed by atoms with E-state index in [2.05, 4.69) is 60.8 Å². The first-order chi connectivity index (χ1) is 5.81. The van der Waals surface area contributed by atoms with Gasteiger partial charge in [-0.05, 0) is 24.3 Å². The van der Waals surface area contributed by atoms with E-state index in [1.165, 1.54) is 5.30 Å². The largest absolute Gasteiger partial charge is 0.103 e. The third-order valence-electron chi connectivity index (χ3n) is 2.22. The van der Waals surface area contributed by atoms with Crippen LogP contribution in [0.15, 0.2) is 54.1 Å². The van der Waals surface area contributed by atoms with Crippen LogP contribution in [-0.2, 0) is 0 Å². The van der Waals surface area contributed by atoms with Gasteiger partial charge >= 0.3 is 0 Å². The molecule has 12 heavy (non-hydrogen) atoms. The molecule has 0 N–H and O–H groups in total. The van der Waals surface area contributed by atoms with Crippen LogP contribution >= 0.6 is 7.26 Å². The lowest BCUT2D eigenvalue weighted by atomic mass is 10.4. The van der Waals surface area contributed by atoms with Gasteiger partial charge in [0.2, 0.25) is 0 Å². The highest BCUT2D eigenvalue weighted by atomic mass is 31.2. The van der Waals surface area contributed by atoms with Crippen molar-refractivity contribution in [1.29, 1.82) is 0 Å². The summed E-state index contributed by atoms with van der Waals surface area (Å²) in [4.78, 5) is 0. The number of hydrogen-bond donors (Lipinski definition) is 0. The number of rotatable bonds is 1. The predicted molar refractivity (Wildman–Crippen MR) is 57.2 cm³/mol. The van der Waals surface area contributed by atoms with E-state index in [0.717, 1.165) is 0 Å². The molecule has 1 aliphatic heterocycles. The summed E-state index contributed by atoms with van der Waals surface area (Å²) in [7, 11) is -1.03. The minimum Gasteiger partial charge on any atom is -0.0620 e. The lowest BCUT2D eigenvalue weighted by Gasteiger charge is -2.10. The molecule has 1 heterocycles. The zero-order valence-electron chi connectivity index (χ0n) is 7.14. The smallest absolute Gasteiger partial charge is 0.0620 e. The summed E-state index contributed by atoms with van der Waals surface area (Å²) in [5.41, 5.74) is 0. The van der Waals surface area contributed by atoms with Crippen molar-refractivity contribution >= 4 is 12.6 Å². The van der Waals surface area contributed by atoms with Gasteiger partial charge in [-0.1, -0.05) is 18.2 Å². The Morgan fingerprint density at radius 1 is 0.917 bits per heavy atom. The van der Waals surface area contributed by atoms with Gasteiger partial charge in [-0.3, -0.25) is 0 Å². The summed E-state index contributed by atoms with van der Waals surface area (Å²) in [6.07, 6.45) is 4.31. The van der Waals surface area contributed by atoms with Gasteiger partial charge in [0.05, 0.1) is 25.6 Å². The fraction of sp³-hybridized carbons (Fsp3) is 0.0909. The van der Waals surface area contributed by atoms with E-state index in [9.17, 15) is 0 Å². The molecule has 0 saturated heterocycles. The van der Waals surface area contributed by atoms with Crippen molar-refractivity contribution in [2.45, 2.75) is 0 Å². The molecule has 0 fully saturated rings. The molecule has 0 nitrogen and oxygen atoms in total. The zero-order chi connectivity index (χ0) is 8.44. The Labute approximate surface area is 74.0 Å². The van der Waals surface area contributed by atoms with Crippen LogP contribution in [0.4, 0.5) is 0 Å². The first kappa shape index (κ1) is 7.76. The van der Waals surface area contributed by atoms with Crippen molar-refractivity contribution in [2.24, 2.45) is 0 Å². The average Bonchev–Trinajstić information content (AvgIpc) is 2.55. The lowest BCUT2D eigenvalue weighted by molar-refractivity contribution is 1.77. The molecule has 0 bridgehead atoms. The van der Waals surface area contributed by atoms with Crippen LogP contribution in [-0.4, -0.2) is 6.66 Å². The van der Waals surface area contributed by atoms with Crippen LogP contribution in [0.25, 0.3) is 0 Å². The van der Waals surface area contributed by atoms with Crippen LogP contribution in [0.3, 0.4) is 0 Å². The van der Waals surface area contributed by atoms with Crippen LogP contribution in [0.2, 0.25) is 0 Å². The van der Waals surface area contributed by atoms with Crippen LogP contribution < -0.4 is 5.30 Å². The third kappa shape index (κ3) is 1.23. The molecule has 2 rings (SSSR count). The Kier molecular flexibility index (Phi) is 1.86. The minimum absolute atomic E-state index is 1.03. The highest BCUT2D eigenvalue weighted by molar-refractivity contribution is 7.87. The molecule has 1 aromatic carbocycles. The van der Waals surface area contributed by atoms with Crippen LogP contribution in [0.5, 0.6) is 0 Å². The molecule has 0 saturated carbocycles. The quantitative estimate of drug-likeness (QED) is 0.575. The maximum atomic E-state index is 2.34. The molecule has 0 atom stereocenters. The third-order valence-corrected chi connectivity index (χ3v) is 5.21. The topological polar surface area (TPSA) is 0 Å². The summed E-state index contributed by atoms with van der Waals surface area (Å²) in [5.74, 6) is 4.67. The van der Waals surface area contributed by atoms with Gasteiger partial charge in [-0.25, -0.2) is 0 Å². The van der Waals surface area contributed by atoms with E-state index in [0.29, 0.717) is 0 Å². The van der Waals surface area contributed by atoms with Crippen molar-refractivity contribution in [3.63, 3.8) is 0 Å². The Morgan fingerprint density at radius 3 is 2.08 bits per heavy atom. The fourth-order valence-electron chi connectivity index (χ4n) is 1.43. The van der Waals surface area contributed by atoms with E-state index >= 15 is 0 Å². The van der Waals surface area contributed by atoms with Crippen LogP contribution in [0.1, 0.15) is 0 Å². The van der Waals surface area contributed by atoms with Crippen molar-refractivity contribution in [3.8, 4) is 0 Å². The highest BCUT2D eigenvalue weighted by Gasteiger charge is 2.30. The van der Waals surface area contributed by atoms with E-state index in [1.54, 1.807) is 0 Å². The average molecular weight is 175 g/mol. The molecule has 0 aromatic heterocycles. The summed E-state index contributed by atoms with van der Waals surface area (Å²) in [5, 5.41) is 1.47. The second-order valence-electron chi connectivity index (χ2n) is 3.17. The second kappa shape index (κ2) is 2.88. The van der Waals surface area contributed by atoms with Gasteiger partial charge in [0.15, 0.2) is 0 Å². The lowest BCUT2D eigenvalue weighted by Crippen LogP contribution is -2.03. The molecule has 60 valence electrons. The van der Waals surface area contributed by atoms with Gasteiger partial charge in [-0.2, -0.15) is 0 Å². The minimum atomic E-state index is -1.03. The van der Waals surface area contributed by atoms with E-state index < -0.39 is 7.26 Å². The number of allylic oxidation sites excluding steroid dienone is 2. The Morgan fingerprint density at radius 2 is 1.50 bits per heavy atom. The van der Waals surface area contributed by atoms with Crippen molar-refractivity contribution in [3.05, 3.63) is 54.1 Å². The van der Waals surface area contributed by atoms with Crippen molar-refractivity contribution in [1.82, 2.24) is 0 Å². The summed E-state index contributed by atoms with van der Waals surface area (Å²) in [6, 6.07) is 10.7. The van der Waals surface area contributed by atoms with E-state index in [4.69, 9.17) is 0 Å². The van der Waals surface area contributed by atoms with Gasteiger partial charge in [-0.15, -0.1) is 0 Å². The maximum absolute atomic E-state index is 2.34. The Balaban J connectivity index is 2.43. The molecule has 0 spiro atoms. The normalized spacial score (nSPS) is 18.4. The van der Waals surface area contributed by atoms with Gasteiger partial charge in [0.1, 0.15) is 5.30 Å². The fourth-order valence-corrected chi connectivity index (χ4v) is 3.60. The van der Waals surface area contributed by atoms with Gasteiger partial charge in [0, 0.05) is 0 Å². The van der Waals surface area contributed by atoms with E-state index in [-0.39, 0.29) is 0 Å². The predicted octanol–water partition coefficient (Wildman–Crippen LogP) is 3.00. The van der Waals surface area contributed by atoms with E-state index in [1.807, 2.05) is 0 Å². The standard InChI is InChI=1S/C11H12P/c1-12(9-5-6-10-12)11-7-3-2-4-8-11/h2-10H,1H3/q+1. The summed E-state index contributed by atoms with van der Waals surface area (Å²) < 4.78 is 0. The zero-order valence-corrected chi connectivity index (χ0v) is 8.04. The number of hydrogen-bond acceptors (Lipinski definition) is 0. The SMILES string of the molecule is C[P+]1(c2ccccc2)C=CC=C1. The molecule has 0 aliphatic carbocycles. The van der Waals surface area contributed by atoms with Crippen molar-refractivity contribution in [2.75, 3.05) is 6.66 Å². The molecule has 0 amide bonds. The molecular formula is C11H12P+. The summed E-state index contributed by atoms with van der Waals surface area (Å²) >= 11 is 0. The molecular weight excluding hydrogens is 163 g/mol. The Bertz CT molecular complexity index is 310. The first-order valence-electron chi connectivity index (χ1n) is 4.10. The first-order valence-corrected chi connectivity index (χ1v) is 6.47. The number of benzene rings is 1. The monoisotopic (exact) mass is 175 g/mol. The van der Waals surface area contributed by atoms with Gasteiger partial charge < -0.3 is 0 Å². The molecule has 1 heteroatoms. The molecule has 0 radical (unpaired) electrons. The molecule has 1 aromatic rings. The summed E-state index contributed by atoms with van der Waals surface area (Å²) in [6.45, 7) is 2.34. The Hall–Kier alpha value is -0.870. The maximum Gasteiger partial charge on any atom is 0.103 e. The highest BCUT2D eigenvalue weighted by Crippen LogP contribution is 2.59. The molecule has 1 aliphatic rings. The van der Waals surface area contributed by atoms with Gasteiger partial charge in [0.25, 0.3) is 0 Å². The molecule has 0 unspecified atom stereocenters.